The molecule has 0 spiro atoms. The lowest BCUT2D eigenvalue weighted by Crippen LogP contribution is -2.43. The van der Waals surface area contributed by atoms with Gasteiger partial charge >= 0.3 is 0 Å². The first-order valence-corrected chi connectivity index (χ1v) is 7.95. The number of hydrogen-bond acceptors (Lipinski definition) is 1. The Morgan fingerprint density at radius 3 is 2.84 bits per heavy atom. The molecule has 3 rings (SSSR count). The molecule has 0 aromatic heterocycles. The number of benzene rings is 1. The van der Waals surface area contributed by atoms with Crippen LogP contribution in [0.3, 0.4) is 0 Å². The highest BCUT2D eigenvalue weighted by atomic mass is 14.9. The van der Waals surface area contributed by atoms with Gasteiger partial charge in [0.15, 0.2) is 0 Å². The summed E-state index contributed by atoms with van der Waals surface area (Å²) < 4.78 is 0. The zero-order valence-corrected chi connectivity index (χ0v) is 12.4. The first-order valence-electron chi connectivity index (χ1n) is 7.95. The fraction of sp³-hybridized carbons (Fsp3) is 0.667. The second-order valence-corrected chi connectivity index (χ2v) is 7.08. The van der Waals surface area contributed by atoms with Crippen LogP contribution in [0.4, 0.5) is 0 Å². The Balaban J connectivity index is 1.83. The fourth-order valence-electron chi connectivity index (χ4n) is 4.05. The molecule has 0 amide bonds. The standard InChI is InChI=1S/C18H27N/c1-14-5-3-8-16(11-14)17-13-19-10-9-18(17,2)12-15-6-4-7-15/h3,5,8,11,15,17,19H,4,6-7,9-10,12-13H2,1-2H3. The van der Waals surface area contributed by atoms with Crippen LogP contribution >= 0.6 is 0 Å². The number of aryl methyl sites for hydroxylation is 1. The normalized spacial score (nSPS) is 32.0. The Morgan fingerprint density at radius 1 is 1.32 bits per heavy atom. The second-order valence-electron chi connectivity index (χ2n) is 7.08. The molecule has 1 aromatic rings. The van der Waals surface area contributed by atoms with E-state index in [1.807, 2.05) is 0 Å². The van der Waals surface area contributed by atoms with Gasteiger partial charge in [-0.25, -0.2) is 0 Å². The molecular weight excluding hydrogens is 230 g/mol. The maximum absolute atomic E-state index is 3.62. The summed E-state index contributed by atoms with van der Waals surface area (Å²) in [5.41, 5.74) is 3.45. The van der Waals surface area contributed by atoms with Crippen LogP contribution in [0.15, 0.2) is 24.3 Å². The van der Waals surface area contributed by atoms with Crippen molar-refractivity contribution in [3.05, 3.63) is 35.4 Å². The monoisotopic (exact) mass is 257 g/mol. The molecule has 2 fully saturated rings. The van der Waals surface area contributed by atoms with Crippen LogP contribution in [0.5, 0.6) is 0 Å². The molecule has 1 heterocycles. The topological polar surface area (TPSA) is 12.0 Å². The van der Waals surface area contributed by atoms with Crippen molar-refractivity contribution in [2.75, 3.05) is 13.1 Å². The highest BCUT2D eigenvalue weighted by molar-refractivity contribution is 5.28. The van der Waals surface area contributed by atoms with Crippen molar-refractivity contribution >= 4 is 0 Å². The summed E-state index contributed by atoms with van der Waals surface area (Å²) in [7, 11) is 0. The molecule has 1 aliphatic carbocycles. The van der Waals surface area contributed by atoms with E-state index in [9.17, 15) is 0 Å². The number of nitrogens with one attached hydrogen (secondary N) is 1. The Hall–Kier alpha value is -0.820. The molecule has 1 N–H and O–H groups in total. The van der Waals surface area contributed by atoms with Crippen molar-refractivity contribution in [3.63, 3.8) is 0 Å². The average Bonchev–Trinajstić information content (AvgIpc) is 2.35. The molecule has 1 heteroatoms. The van der Waals surface area contributed by atoms with Crippen molar-refractivity contribution in [2.45, 2.75) is 51.9 Å². The highest BCUT2D eigenvalue weighted by Gasteiger charge is 2.40. The molecule has 1 nitrogen and oxygen atoms in total. The quantitative estimate of drug-likeness (QED) is 0.852. The van der Waals surface area contributed by atoms with Crippen LogP contribution in [0.25, 0.3) is 0 Å². The molecule has 104 valence electrons. The van der Waals surface area contributed by atoms with Crippen LogP contribution in [-0.4, -0.2) is 13.1 Å². The van der Waals surface area contributed by atoms with Gasteiger partial charge < -0.3 is 5.32 Å². The SMILES string of the molecule is Cc1cccc(C2CNCCC2(C)CC2CCC2)c1. The number of hydrogen-bond donors (Lipinski definition) is 1. The third-order valence-electron chi connectivity index (χ3n) is 5.49. The van der Waals surface area contributed by atoms with Crippen LogP contribution in [0.2, 0.25) is 0 Å². The zero-order chi connectivity index (χ0) is 13.3. The summed E-state index contributed by atoms with van der Waals surface area (Å²) in [4.78, 5) is 0. The summed E-state index contributed by atoms with van der Waals surface area (Å²) in [6.07, 6.45) is 7.19. The molecule has 1 aliphatic heterocycles. The highest BCUT2D eigenvalue weighted by Crippen LogP contribution is 2.48. The lowest BCUT2D eigenvalue weighted by molar-refractivity contribution is 0.111. The summed E-state index contributed by atoms with van der Waals surface area (Å²) in [5, 5.41) is 3.62. The van der Waals surface area contributed by atoms with Gasteiger partial charge in [-0.2, -0.15) is 0 Å². The lowest BCUT2D eigenvalue weighted by Gasteiger charge is -2.46. The van der Waals surface area contributed by atoms with E-state index < -0.39 is 0 Å². The summed E-state index contributed by atoms with van der Waals surface area (Å²) >= 11 is 0. The van der Waals surface area contributed by atoms with E-state index in [0.29, 0.717) is 11.3 Å². The Morgan fingerprint density at radius 2 is 2.16 bits per heavy atom. The van der Waals surface area contributed by atoms with Crippen LogP contribution in [0, 0.1) is 18.3 Å². The smallest absolute Gasteiger partial charge is 0.00254 e. The molecule has 19 heavy (non-hydrogen) atoms. The van der Waals surface area contributed by atoms with E-state index in [1.165, 1.54) is 44.2 Å². The molecule has 0 radical (unpaired) electrons. The van der Waals surface area contributed by atoms with Gasteiger partial charge in [0, 0.05) is 12.5 Å². The van der Waals surface area contributed by atoms with E-state index in [2.05, 4.69) is 43.4 Å². The van der Waals surface area contributed by atoms with Crippen molar-refractivity contribution < 1.29 is 0 Å². The lowest BCUT2D eigenvalue weighted by atomic mass is 9.62. The Kier molecular flexibility index (Phi) is 3.66. The summed E-state index contributed by atoms with van der Waals surface area (Å²) in [6, 6.07) is 9.17. The summed E-state index contributed by atoms with van der Waals surface area (Å²) in [5.74, 6) is 1.71. The predicted octanol–water partition coefficient (Wildman–Crippen LogP) is 4.27. The predicted molar refractivity (Wildman–Crippen MR) is 81.5 cm³/mol. The Labute approximate surface area is 117 Å². The van der Waals surface area contributed by atoms with Crippen molar-refractivity contribution in [1.29, 1.82) is 0 Å². The van der Waals surface area contributed by atoms with Crippen molar-refractivity contribution in [3.8, 4) is 0 Å². The van der Waals surface area contributed by atoms with Crippen LogP contribution in [0.1, 0.15) is 56.1 Å². The van der Waals surface area contributed by atoms with E-state index in [1.54, 1.807) is 5.56 Å². The number of piperidine rings is 1. The third-order valence-corrected chi connectivity index (χ3v) is 5.49. The molecule has 0 bridgehead atoms. The van der Waals surface area contributed by atoms with Gasteiger partial charge in [0.25, 0.3) is 0 Å². The van der Waals surface area contributed by atoms with E-state index in [-0.39, 0.29) is 0 Å². The molecule has 1 saturated heterocycles. The molecule has 2 unspecified atom stereocenters. The number of rotatable bonds is 3. The van der Waals surface area contributed by atoms with Gasteiger partial charge in [-0.1, -0.05) is 56.0 Å². The summed E-state index contributed by atoms with van der Waals surface area (Å²) in [6.45, 7) is 7.11. The van der Waals surface area contributed by atoms with E-state index in [0.717, 1.165) is 12.5 Å². The van der Waals surface area contributed by atoms with Crippen LogP contribution in [-0.2, 0) is 0 Å². The van der Waals surface area contributed by atoms with Gasteiger partial charge in [-0.05, 0) is 43.2 Å². The third kappa shape index (κ3) is 2.72. The zero-order valence-electron chi connectivity index (χ0n) is 12.4. The molecule has 1 saturated carbocycles. The second kappa shape index (κ2) is 5.28. The largest absolute Gasteiger partial charge is 0.316 e. The van der Waals surface area contributed by atoms with Gasteiger partial charge in [0.1, 0.15) is 0 Å². The Bertz CT molecular complexity index is 435. The first kappa shape index (κ1) is 13.2. The molecule has 1 aromatic carbocycles. The van der Waals surface area contributed by atoms with Crippen LogP contribution < -0.4 is 5.32 Å². The minimum absolute atomic E-state index is 0.504. The van der Waals surface area contributed by atoms with Gasteiger partial charge in [0.2, 0.25) is 0 Å². The van der Waals surface area contributed by atoms with Crippen molar-refractivity contribution in [2.24, 2.45) is 11.3 Å². The van der Waals surface area contributed by atoms with Gasteiger partial charge in [0.05, 0.1) is 0 Å². The van der Waals surface area contributed by atoms with E-state index >= 15 is 0 Å². The average molecular weight is 257 g/mol. The minimum Gasteiger partial charge on any atom is -0.316 e. The molecular formula is C18H27N. The maximum atomic E-state index is 3.62. The van der Waals surface area contributed by atoms with E-state index in [4.69, 9.17) is 0 Å². The maximum Gasteiger partial charge on any atom is 0.00254 e. The first-order chi connectivity index (χ1) is 9.17. The molecule has 2 aliphatic rings. The van der Waals surface area contributed by atoms with Crippen molar-refractivity contribution in [1.82, 2.24) is 5.32 Å². The molecule has 2 atom stereocenters. The van der Waals surface area contributed by atoms with Gasteiger partial charge in [-0.3, -0.25) is 0 Å². The van der Waals surface area contributed by atoms with Gasteiger partial charge in [-0.15, -0.1) is 0 Å². The fourth-order valence-corrected chi connectivity index (χ4v) is 4.05. The minimum atomic E-state index is 0.504.